The zero-order valence-electron chi connectivity index (χ0n) is 19.8. The van der Waals surface area contributed by atoms with Crippen LogP contribution in [-0.4, -0.2) is 21.8 Å². The molecule has 0 saturated heterocycles. The molecule has 4 aromatic rings. The molecule has 0 saturated carbocycles. The minimum absolute atomic E-state index is 0.0652. The molecule has 1 N–H and O–H groups in total. The van der Waals surface area contributed by atoms with Crippen LogP contribution in [0.3, 0.4) is 0 Å². The first-order valence-electron chi connectivity index (χ1n) is 11.8. The summed E-state index contributed by atoms with van der Waals surface area (Å²) >= 11 is 1.39. The van der Waals surface area contributed by atoms with Crippen LogP contribution in [-0.2, 0) is 35.4 Å². The summed E-state index contributed by atoms with van der Waals surface area (Å²) in [5, 5.41) is 6.28. The maximum absolute atomic E-state index is 13.3. The van der Waals surface area contributed by atoms with Crippen LogP contribution < -0.4 is 5.32 Å². The molecule has 0 spiro atoms. The number of rotatable bonds is 6. The maximum Gasteiger partial charge on any atom is 0.339 e. The van der Waals surface area contributed by atoms with Crippen LogP contribution in [0.1, 0.15) is 51.2 Å². The fourth-order valence-corrected chi connectivity index (χ4v) is 5.33. The Morgan fingerprint density at radius 3 is 2.77 bits per heavy atom. The van der Waals surface area contributed by atoms with E-state index in [4.69, 9.17) is 9.72 Å². The van der Waals surface area contributed by atoms with Gasteiger partial charge in [-0.25, -0.2) is 9.78 Å². The molecule has 0 bridgehead atoms. The minimum Gasteiger partial charge on any atom is -0.456 e. The number of nitrogens with one attached hydrogen (secondary N) is 1. The molecule has 0 radical (unpaired) electrons. The molecule has 6 nitrogen and oxygen atoms in total. The number of benzene rings is 2. The highest BCUT2D eigenvalue weighted by molar-refractivity contribution is 7.09. The lowest BCUT2D eigenvalue weighted by molar-refractivity contribution is -0.115. The van der Waals surface area contributed by atoms with Crippen molar-refractivity contribution in [1.29, 1.82) is 0 Å². The topological polar surface area (TPSA) is 81.2 Å². The van der Waals surface area contributed by atoms with Crippen molar-refractivity contribution >= 4 is 39.8 Å². The number of anilines is 1. The van der Waals surface area contributed by atoms with Gasteiger partial charge in [0.2, 0.25) is 5.91 Å². The van der Waals surface area contributed by atoms with Gasteiger partial charge in [-0.2, -0.15) is 0 Å². The second-order valence-corrected chi connectivity index (χ2v) is 10.1. The molecule has 1 aliphatic rings. The Hall–Kier alpha value is -3.58. The number of ether oxygens (including phenoxy) is 1. The average molecular weight is 486 g/mol. The molecule has 2 aromatic heterocycles. The van der Waals surface area contributed by atoms with E-state index < -0.39 is 0 Å². The third-order valence-electron chi connectivity index (χ3n) is 6.39. The fourth-order valence-electron chi connectivity index (χ4n) is 4.55. The second-order valence-electron chi connectivity index (χ2n) is 9.13. The van der Waals surface area contributed by atoms with Crippen LogP contribution in [0.2, 0.25) is 0 Å². The number of carbonyl (C=O) groups is 2. The third-order valence-corrected chi connectivity index (χ3v) is 7.29. The molecule has 0 aliphatic heterocycles. The van der Waals surface area contributed by atoms with Gasteiger partial charge in [-0.3, -0.25) is 9.78 Å². The van der Waals surface area contributed by atoms with Gasteiger partial charge in [-0.1, -0.05) is 43.3 Å². The molecule has 2 heterocycles. The Kier molecular flexibility index (Phi) is 6.59. The van der Waals surface area contributed by atoms with Gasteiger partial charge in [0.15, 0.2) is 0 Å². The van der Waals surface area contributed by atoms with Gasteiger partial charge in [0, 0.05) is 22.1 Å². The highest BCUT2D eigenvalue weighted by Crippen LogP contribution is 2.32. The highest BCUT2D eigenvalue weighted by atomic mass is 32.1. The highest BCUT2D eigenvalue weighted by Gasteiger charge is 2.26. The summed E-state index contributed by atoms with van der Waals surface area (Å²) in [5.74, 6) is 0.0333. The maximum atomic E-state index is 13.3. The van der Waals surface area contributed by atoms with E-state index in [0.29, 0.717) is 22.2 Å². The van der Waals surface area contributed by atoms with Crippen LogP contribution >= 0.6 is 11.3 Å². The zero-order chi connectivity index (χ0) is 24.4. The first-order chi connectivity index (χ1) is 17.0. The molecule has 5 rings (SSSR count). The minimum atomic E-state index is -0.346. The smallest absolute Gasteiger partial charge is 0.339 e. The van der Waals surface area contributed by atoms with Crippen LogP contribution in [0.15, 0.2) is 53.9 Å². The van der Waals surface area contributed by atoms with Gasteiger partial charge in [0.1, 0.15) is 11.6 Å². The van der Waals surface area contributed by atoms with Crippen LogP contribution in [0.25, 0.3) is 10.9 Å². The van der Waals surface area contributed by atoms with Gasteiger partial charge in [0.25, 0.3) is 0 Å². The molecule has 1 unspecified atom stereocenters. The summed E-state index contributed by atoms with van der Waals surface area (Å²) < 4.78 is 5.73. The van der Waals surface area contributed by atoms with Crippen molar-refractivity contribution in [3.8, 4) is 0 Å². The number of thiazole rings is 1. The van der Waals surface area contributed by atoms with Gasteiger partial charge in [-0.05, 0) is 55.4 Å². The number of pyridine rings is 1. The van der Waals surface area contributed by atoms with Crippen LogP contribution in [0.4, 0.5) is 5.69 Å². The van der Waals surface area contributed by atoms with Crippen LogP contribution in [0.5, 0.6) is 0 Å². The van der Waals surface area contributed by atoms with E-state index in [0.717, 1.165) is 52.7 Å². The monoisotopic (exact) mass is 485 g/mol. The lowest BCUT2D eigenvalue weighted by Crippen LogP contribution is -2.19. The third kappa shape index (κ3) is 5.10. The largest absolute Gasteiger partial charge is 0.456 e. The van der Waals surface area contributed by atoms with Crippen molar-refractivity contribution in [2.45, 2.75) is 46.1 Å². The fraction of sp³-hybridized carbons (Fsp3) is 0.286. The molecule has 35 heavy (non-hydrogen) atoms. The second kappa shape index (κ2) is 9.96. The van der Waals surface area contributed by atoms with Crippen molar-refractivity contribution in [1.82, 2.24) is 9.97 Å². The number of carbonyl (C=O) groups excluding carboxylic acids is 2. The van der Waals surface area contributed by atoms with E-state index in [1.807, 2.05) is 60.8 Å². The number of amides is 1. The van der Waals surface area contributed by atoms with Crippen molar-refractivity contribution in [2.75, 3.05) is 5.32 Å². The number of hydrogen-bond acceptors (Lipinski definition) is 6. The zero-order valence-corrected chi connectivity index (χ0v) is 20.7. The van der Waals surface area contributed by atoms with E-state index in [2.05, 4.69) is 17.2 Å². The predicted molar refractivity (Wildman–Crippen MR) is 138 cm³/mol. The number of aryl methyl sites for hydroxylation is 2. The quantitative estimate of drug-likeness (QED) is 0.356. The first kappa shape index (κ1) is 23.2. The van der Waals surface area contributed by atoms with E-state index >= 15 is 0 Å². The Bertz CT molecular complexity index is 1410. The molecule has 1 amide bonds. The number of para-hydroxylation sites is 2. The van der Waals surface area contributed by atoms with E-state index in [1.165, 1.54) is 11.3 Å². The molecular weight excluding hydrogens is 458 g/mol. The Morgan fingerprint density at radius 2 is 1.91 bits per heavy atom. The Morgan fingerprint density at radius 1 is 1.11 bits per heavy atom. The molecule has 0 fully saturated rings. The molecule has 7 heteroatoms. The normalized spacial score (nSPS) is 15.0. The van der Waals surface area contributed by atoms with Crippen molar-refractivity contribution < 1.29 is 14.3 Å². The first-order valence-corrected chi connectivity index (χ1v) is 12.7. The summed E-state index contributed by atoms with van der Waals surface area (Å²) in [6, 6.07) is 15.4. The SMILES string of the molecule is Cc1ccccc1NC(=O)Cc1nc(COC(=O)c2c3c(nc4ccccc24)CCC(C)C3)cs1. The Balaban J connectivity index is 1.28. The summed E-state index contributed by atoms with van der Waals surface area (Å²) in [5.41, 5.74) is 5.91. The lowest BCUT2D eigenvalue weighted by Gasteiger charge is -2.24. The van der Waals surface area contributed by atoms with Crippen molar-refractivity contribution in [3.05, 3.63) is 87.0 Å². The van der Waals surface area contributed by atoms with Gasteiger partial charge in [-0.15, -0.1) is 11.3 Å². The standard InChI is InChI=1S/C28H27N3O3S/c1-17-11-12-24-21(13-17)27(20-8-4-6-10-23(20)30-24)28(33)34-15-19-16-35-26(29-19)14-25(32)31-22-9-5-3-7-18(22)2/h3-10,16-17H,11-15H2,1-2H3,(H,31,32). The molecule has 178 valence electrons. The van der Waals surface area contributed by atoms with Crippen molar-refractivity contribution in [3.63, 3.8) is 0 Å². The van der Waals surface area contributed by atoms with Gasteiger partial charge >= 0.3 is 5.97 Å². The van der Waals surface area contributed by atoms with E-state index in [-0.39, 0.29) is 24.9 Å². The molecule has 1 aliphatic carbocycles. The average Bonchev–Trinajstić information content (AvgIpc) is 3.29. The molecule has 2 aromatic carbocycles. The molecule has 1 atom stereocenters. The summed E-state index contributed by atoms with van der Waals surface area (Å²) in [7, 11) is 0. The number of aromatic nitrogens is 2. The summed E-state index contributed by atoms with van der Waals surface area (Å²) in [6.07, 6.45) is 2.95. The van der Waals surface area contributed by atoms with Gasteiger partial charge in [0.05, 0.1) is 23.2 Å². The van der Waals surface area contributed by atoms with Crippen LogP contribution in [0, 0.1) is 12.8 Å². The van der Waals surface area contributed by atoms with E-state index in [9.17, 15) is 9.59 Å². The number of hydrogen-bond donors (Lipinski definition) is 1. The van der Waals surface area contributed by atoms with Crippen molar-refractivity contribution in [2.24, 2.45) is 5.92 Å². The van der Waals surface area contributed by atoms with E-state index in [1.54, 1.807) is 0 Å². The number of fused-ring (bicyclic) bond motifs is 2. The summed E-state index contributed by atoms with van der Waals surface area (Å²) in [4.78, 5) is 35.1. The molecular formula is C28H27N3O3S. The number of esters is 1. The summed E-state index contributed by atoms with van der Waals surface area (Å²) in [6.45, 7) is 4.23. The number of nitrogens with zero attached hydrogens (tertiary/aromatic N) is 2. The predicted octanol–water partition coefficient (Wildman–Crippen LogP) is 5.66. The lowest BCUT2D eigenvalue weighted by atomic mass is 9.84. The van der Waals surface area contributed by atoms with Gasteiger partial charge < -0.3 is 10.1 Å². The Labute approximate surface area is 208 Å².